The van der Waals surface area contributed by atoms with Crippen molar-refractivity contribution >= 4 is 78.3 Å². The van der Waals surface area contributed by atoms with E-state index in [4.69, 9.17) is 46.4 Å². The first-order valence-electron chi connectivity index (χ1n) is 2.63. The van der Waals surface area contributed by atoms with Gasteiger partial charge in [-0.05, 0) is 31.9 Å². The number of benzene rings is 1. The molecule has 0 heterocycles. The molecule has 0 aliphatic carbocycles. The van der Waals surface area contributed by atoms with Gasteiger partial charge in [0.25, 0.3) is 0 Å². The molecule has 0 unspecified atom stereocenters. The van der Waals surface area contributed by atoms with Crippen LogP contribution in [0, 0.1) is 0 Å². The molecular weight excluding hydrogens is 374 g/mol. The van der Waals surface area contributed by atoms with Gasteiger partial charge in [-0.15, -0.1) is 0 Å². The molecule has 0 nitrogen and oxygen atoms in total. The van der Waals surface area contributed by atoms with Crippen LogP contribution in [0.2, 0.25) is 20.1 Å². The van der Waals surface area contributed by atoms with Gasteiger partial charge in [-0.25, -0.2) is 0 Å². The van der Waals surface area contributed by atoms with Gasteiger partial charge in [-0.1, -0.05) is 46.4 Å². The number of hydrogen-bond acceptors (Lipinski definition) is 0. The minimum absolute atomic E-state index is 0.345. The molecule has 1 aromatic carbocycles. The van der Waals surface area contributed by atoms with Gasteiger partial charge in [0, 0.05) is 0 Å². The summed E-state index contributed by atoms with van der Waals surface area (Å²) in [5, 5.41) is 1.38. The molecule has 0 aromatic heterocycles. The molecule has 0 bridgehead atoms. The highest BCUT2D eigenvalue weighted by molar-refractivity contribution is 9.11. The SMILES string of the molecule is Clc1c(Cl)c(Br)c(Cl)c(Cl)c1Br. The lowest BCUT2D eigenvalue weighted by molar-refractivity contribution is 1.59. The molecule has 1 aromatic rings. The second-order valence-electron chi connectivity index (χ2n) is 1.88. The summed E-state index contributed by atoms with van der Waals surface area (Å²) in [6.07, 6.45) is 0. The minimum Gasteiger partial charge on any atom is -0.0814 e. The van der Waals surface area contributed by atoms with Crippen molar-refractivity contribution in [3.05, 3.63) is 29.0 Å². The zero-order chi connectivity index (χ0) is 9.46. The largest absolute Gasteiger partial charge is 0.0814 e. The molecule has 0 N–H and O–H groups in total. The molecule has 0 aliphatic heterocycles. The van der Waals surface area contributed by atoms with Crippen LogP contribution < -0.4 is 0 Å². The van der Waals surface area contributed by atoms with Crippen LogP contribution in [0.25, 0.3) is 0 Å². The number of halogens is 6. The second-order valence-corrected chi connectivity index (χ2v) is 4.98. The lowest BCUT2D eigenvalue weighted by Crippen LogP contribution is -1.80. The van der Waals surface area contributed by atoms with Crippen LogP contribution in [0.4, 0.5) is 0 Å². The van der Waals surface area contributed by atoms with E-state index in [1.165, 1.54) is 0 Å². The van der Waals surface area contributed by atoms with Gasteiger partial charge < -0.3 is 0 Å². The maximum Gasteiger partial charge on any atom is 0.0762 e. The first-order valence-corrected chi connectivity index (χ1v) is 5.73. The highest BCUT2D eigenvalue weighted by atomic mass is 79.9. The van der Waals surface area contributed by atoms with Crippen LogP contribution in [0.5, 0.6) is 0 Å². The first kappa shape index (κ1) is 11.4. The lowest BCUT2D eigenvalue weighted by Gasteiger charge is -2.06. The van der Waals surface area contributed by atoms with Crippen molar-refractivity contribution in [3.8, 4) is 0 Å². The van der Waals surface area contributed by atoms with Crippen molar-refractivity contribution in [2.24, 2.45) is 0 Å². The molecule has 0 fully saturated rings. The van der Waals surface area contributed by atoms with Gasteiger partial charge in [-0.3, -0.25) is 0 Å². The van der Waals surface area contributed by atoms with Crippen molar-refractivity contribution in [1.29, 1.82) is 0 Å². The smallest absolute Gasteiger partial charge is 0.0762 e. The van der Waals surface area contributed by atoms with Gasteiger partial charge in [0.05, 0.1) is 29.0 Å². The van der Waals surface area contributed by atoms with Crippen LogP contribution in [-0.4, -0.2) is 0 Å². The number of hydrogen-bond donors (Lipinski definition) is 0. The molecule has 0 radical (unpaired) electrons. The summed E-state index contributed by atoms with van der Waals surface area (Å²) in [6.45, 7) is 0. The third kappa shape index (κ3) is 1.89. The Balaban J connectivity index is 3.60. The van der Waals surface area contributed by atoms with Crippen molar-refractivity contribution in [1.82, 2.24) is 0 Å². The van der Waals surface area contributed by atoms with Gasteiger partial charge in [0.1, 0.15) is 0 Å². The molecule has 0 spiro atoms. The van der Waals surface area contributed by atoms with Crippen LogP contribution >= 0.6 is 78.3 Å². The molecule has 0 saturated carbocycles. The van der Waals surface area contributed by atoms with E-state index in [-0.39, 0.29) is 0 Å². The van der Waals surface area contributed by atoms with E-state index < -0.39 is 0 Å². The first-order chi connectivity index (χ1) is 5.46. The monoisotopic (exact) mass is 370 g/mol. The molecule has 0 saturated heterocycles. The Kier molecular flexibility index (Phi) is 4.04. The molecule has 66 valence electrons. The van der Waals surface area contributed by atoms with Crippen molar-refractivity contribution in [3.63, 3.8) is 0 Å². The van der Waals surface area contributed by atoms with E-state index in [1.54, 1.807) is 0 Å². The fraction of sp³-hybridized carbons (Fsp3) is 0. The molecule has 0 amide bonds. The van der Waals surface area contributed by atoms with Gasteiger partial charge in [0.15, 0.2) is 0 Å². The normalized spacial score (nSPS) is 10.5. The third-order valence-corrected chi connectivity index (χ3v) is 5.36. The predicted molar refractivity (Wildman–Crippen MR) is 61.9 cm³/mol. The second kappa shape index (κ2) is 4.24. The van der Waals surface area contributed by atoms with Gasteiger partial charge >= 0.3 is 0 Å². The average molecular weight is 374 g/mol. The summed E-state index contributed by atoms with van der Waals surface area (Å²) in [5.41, 5.74) is 0. The minimum atomic E-state index is 0.345. The van der Waals surface area contributed by atoms with E-state index in [1.807, 2.05) is 0 Å². The van der Waals surface area contributed by atoms with Crippen LogP contribution in [-0.2, 0) is 0 Å². The molecule has 0 atom stereocenters. The Morgan fingerprint density at radius 1 is 0.583 bits per heavy atom. The summed E-state index contributed by atoms with van der Waals surface area (Å²) >= 11 is 29.6. The van der Waals surface area contributed by atoms with Crippen molar-refractivity contribution in [2.45, 2.75) is 0 Å². The number of rotatable bonds is 0. The zero-order valence-corrected chi connectivity index (χ0v) is 11.5. The topological polar surface area (TPSA) is 0 Å². The van der Waals surface area contributed by atoms with E-state index in [0.29, 0.717) is 29.0 Å². The summed E-state index contributed by atoms with van der Waals surface area (Å²) in [7, 11) is 0. The maximum absolute atomic E-state index is 5.81. The molecule has 12 heavy (non-hydrogen) atoms. The van der Waals surface area contributed by atoms with Crippen LogP contribution in [0.3, 0.4) is 0 Å². The Bertz CT molecular complexity index is 232. The third-order valence-electron chi connectivity index (χ3n) is 1.16. The quantitative estimate of drug-likeness (QED) is 0.397. The highest BCUT2D eigenvalue weighted by Crippen LogP contribution is 2.46. The van der Waals surface area contributed by atoms with Crippen LogP contribution in [0.1, 0.15) is 0 Å². The van der Waals surface area contributed by atoms with Gasteiger partial charge in [0.2, 0.25) is 0 Å². The van der Waals surface area contributed by atoms with Gasteiger partial charge in [-0.2, -0.15) is 0 Å². The van der Waals surface area contributed by atoms with E-state index in [0.717, 1.165) is 0 Å². The van der Waals surface area contributed by atoms with Crippen LogP contribution in [0.15, 0.2) is 8.95 Å². The average Bonchev–Trinajstić information content (AvgIpc) is 2.08. The summed E-state index contributed by atoms with van der Waals surface area (Å²) in [4.78, 5) is 0. The summed E-state index contributed by atoms with van der Waals surface area (Å²) in [5.74, 6) is 0. The lowest BCUT2D eigenvalue weighted by atomic mass is 10.3. The zero-order valence-electron chi connectivity index (χ0n) is 5.27. The highest BCUT2D eigenvalue weighted by Gasteiger charge is 2.16. The Labute approximate surface area is 106 Å². The van der Waals surface area contributed by atoms with E-state index >= 15 is 0 Å². The van der Waals surface area contributed by atoms with E-state index in [2.05, 4.69) is 31.9 Å². The van der Waals surface area contributed by atoms with Crippen molar-refractivity contribution < 1.29 is 0 Å². The predicted octanol–water partition coefficient (Wildman–Crippen LogP) is 5.83. The Morgan fingerprint density at radius 2 is 0.750 bits per heavy atom. The Morgan fingerprint density at radius 3 is 0.917 bits per heavy atom. The molecule has 0 aliphatic rings. The fourth-order valence-corrected chi connectivity index (χ4v) is 2.68. The Hall–Kier alpha value is 1.34. The summed E-state index contributed by atoms with van der Waals surface area (Å²) < 4.78 is 1.01. The standard InChI is InChI=1S/C6Br2Cl4/c7-1-3(9)5(11)2(8)6(12)4(1)10. The molecule has 1 rings (SSSR count). The molecular formula is C6Br2Cl4. The van der Waals surface area contributed by atoms with Crippen molar-refractivity contribution in [2.75, 3.05) is 0 Å². The maximum atomic E-state index is 5.81. The fourth-order valence-electron chi connectivity index (χ4n) is 0.578. The van der Waals surface area contributed by atoms with E-state index in [9.17, 15) is 0 Å². The molecule has 6 heteroatoms. The summed E-state index contributed by atoms with van der Waals surface area (Å²) in [6, 6.07) is 0.